The fourth-order valence-electron chi connectivity index (χ4n) is 3.08. The van der Waals surface area contributed by atoms with E-state index in [9.17, 15) is 4.79 Å². The molecule has 1 saturated carbocycles. The minimum Gasteiger partial charge on any atom is -0.357 e. The van der Waals surface area contributed by atoms with Crippen LogP contribution in [0.3, 0.4) is 0 Å². The lowest BCUT2D eigenvalue weighted by molar-refractivity contribution is 0.0953. The first-order chi connectivity index (χ1) is 12.2. The van der Waals surface area contributed by atoms with Crippen molar-refractivity contribution in [2.45, 2.75) is 65.0 Å². The van der Waals surface area contributed by atoms with Gasteiger partial charge < -0.3 is 16.0 Å². The predicted octanol–water partition coefficient (Wildman–Crippen LogP) is 3.21. The number of amides is 1. The molecule has 0 radical (unpaired) electrons. The van der Waals surface area contributed by atoms with Gasteiger partial charge in [-0.1, -0.05) is 38.3 Å². The Kier molecular flexibility index (Phi) is 8.29. The van der Waals surface area contributed by atoms with E-state index < -0.39 is 0 Å². The van der Waals surface area contributed by atoms with Crippen LogP contribution in [0.4, 0.5) is 0 Å². The van der Waals surface area contributed by atoms with Crippen molar-refractivity contribution in [2.75, 3.05) is 13.1 Å². The van der Waals surface area contributed by atoms with Gasteiger partial charge in [0, 0.05) is 24.7 Å². The highest BCUT2D eigenvalue weighted by Gasteiger charge is 2.14. The summed E-state index contributed by atoms with van der Waals surface area (Å²) in [7, 11) is 0. The van der Waals surface area contributed by atoms with Crippen LogP contribution in [-0.2, 0) is 6.54 Å². The minimum atomic E-state index is -0.0140. The summed E-state index contributed by atoms with van der Waals surface area (Å²) in [5.74, 6) is 0.857. The third-order valence-corrected chi connectivity index (χ3v) is 4.43. The van der Waals surface area contributed by atoms with Crippen molar-refractivity contribution in [3.05, 3.63) is 35.4 Å². The molecular formula is C20H32N4O. The molecule has 3 N–H and O–H groups in total. The molecule has 0 saturated heterocycles. The molecule has 0 atom stereocenters. The standard InChI is InChI=1S/C20H32N4O/c1-3-13-22-19(25)17-10-8-9-16(14-17)15-23-20(21-4-2)24-18-11-6-5-7-12-18/h8-10,14,18H,3-7,11-13,15H2,1-2H3,(H,22,25)(H2,21,23,24). The second kappa shape index (κ2) is 10.7. The van der Waals surface area contributed by atoms with Gasteiger partial charge in [0.05, 0.1) is 6.54 Å². The van der Waals surface area contributed by atoms with Crippen molar-refractivity contribution in [3.63, 3.8) is 0 Å². The molecule has 25 heavy (non-hydrogen) atoms. The maximum atomic E-state index is 12.1. The average molecular weight is 345 g/mol. The Morgan fingerprint density at radius 2 is 1.96 bits per heavy atom. The highest BCUT2D eigenvalue weighted by Crippen LogP contribution is 2.17. The Morgan fingerprint density at radius 1 is 1.16 bits per heavy atom. The zero-order valence-corrected chi connectivity index (χ0v) is 15.6. The van der Waals surface area contributed by atoms with E-state index in [4.69, 9.17) is 4.99 Å². The zero-order chi connectivity index (χ0) is 17.9. The first-order valence-electron chi connectivity index (χ1n) is 9.65. The Labute approximate surface area is 151 Å². The van der Waals surface area contributed by atoms with Gasteiger partial charge in [-0.2, -0.15) is 0 Å². The van der Waals surface area contributed by atoms with E-state index in [2.05, 4.69) is 22.9 Å². The molecule has 0 spiro atoms. The smallest absolute Gasteiger partial charge is 0.251 e. The van der Waals surface area contributed by atoms with Gasteiger partial charge in [0.15, 0.2) is 5.96 Å². The van der Waals surface area contributed by atoms with Gasteiger partial charge in [-0.15, -0.1) is 0 Å². The molecule has 0 heterocycles. The molecule has 1 aromatic rings. The molecule has 1 aromatic carbocycles. The monoisotopic (exact) mass is 344 g/mol. The second-order valence-corrected chi connectivity index (χ2v) is 6.63. The number of carbonyl (C=O) groups is 1. The van der Waals surface area contributed by atoms with Crippen molar-refractivity contribution in [2.24, 2.45) is 4.99 Å². The normalized spacial score (nSPS) is 15.7. The van der Waals surface area contributed by atoms with Crippen LogP contribution < -0.4 is 16.0 Å². The number of aliphatic imine (C=N–C) groups is 1. The number of rotatable bonds is 7. The summed E-state index contributed by atoms with van der Waals surface area (Å²) < 4.78 is 0. The Balaban J connectivity index is 1.97. The Morgan fingerprint density at radius 3 is 2.68 bits per heavy atom. The molecule has 1 fully saturated rings. The number of nitrogens with zero attached hydrogens (tertiary/aromatic N) is 1. The first kappa shape index (κ1) is 19.3. The van der Waals surface area contributed by atoms with Gasteiger partial charge >= 0.3 is 0 Å². The molecule has 0 aliphatic heterocycles. The summed E-state index contributed by atoms with van der Waals surface area (Å²) in [6, 6.07) is 8.25. The predicted molar refractivity (Wildman–Crippen MR) is 104 cm³/mol. The summed E-state index contributed by atoms with van der Waals surface area (Å²) in [6.45, 7) is 6.25. The van der Waals surface area contributed by atoms with Crippen LogP contribution in [0.5, 0.6) is 0 Å². The SMILES string of the molecule is CCCNC(=O)c1cccc(CN=C(NCC)NC2CCCCC2)c1. The molecule has 0 aromatic heterocycles. The van der Waals surface area contributed by atoms with E-state index in [-0.39, 0.29) is 5.91 Å². The van der Waals surface area contributed by atoms with E-state index in [0.717, 1.165) is 24.5 Å². The van der Waals surface area contributed by atoms with Crippen LogP contribution in [-0.4, -0.2) is 31.0 Å². The topological polar surface area (TPSA) is 65.5 Å². The van der Waals surface area contributed by atoms with Crippen molar-refractivity contribution >= 4 is 11.9 Å². The maximum absolute atomic E-state index is 12.1. The third-order valence-electron chi connectivity index (χ3n) is 4.43. The average Bonchev–Trinajstić information content (AvgIpc) is 2.65. The molecule has 0 bridgehead atoms. The molecule has 1 amide bonds. The summed E-state index contributed by atoms with van der Waals surface area (Å²) in [4.78, 5) is 16.8. The largest absolute Gasteiger partial charge is 0.357 e. The summed E-state index contributed by atoms with van der Waals surface area (Å²) in [5, 5.41) is 9.79. The number of carbonyl (C=O) groups excluding carboxylic acids is 1. The van der Waals surface area contributed by atoms with Crippen molar-refractivity contribution < 1.29 is 4.79 Å². The van der Waals surface area contributed by atoms with Gasteiger partial charge in [0.2, 0.25) is 0 Å². The second-order valence-electron chi connectivity index (χ2n) is 6.63. The molecular weight excluding hydrogens is 312 g/mol. The van der Waals surface area contributed by atoms with Crippen LogP contribution in [0.25, 0.3) is 0 Å². The highest BCUT2D eigenvalue weighted by molar-refractivity contribution is 5.94. The van der Waals surface area contributed by atoms with Gasteiger partial charge in [0.1, 0.15) is 0 Å². The zero-order valence-electron chi connectivity index (χ0n) is 15.6. The molecule has 5 nitrogen and oxygen atoms in total. The van der Waals surface area contributed by atoms with Gasteiger partial charge in [0.25, 0.3) is 5.91 Å². The van der Waals surface area contributed by atoms with E-state index in [1.54, 1.807) is 0 Å². The third kappa shape index (κ3) is 6.77. The van der Waals surface area contributed by atoms with E-state index in [1.807, 2.05) is 31.2 Å². The highest BCUT2D eigenvalue weighted by atomic mass is 16.1. The molecule has 0 unspecified atom stereocenters. The van der Waals surface area contributed by atoms with Crippen LogP contribution in [0.2, 0.25) is 0 Å². The Bertz CT molecular complexity index is 565. The molecule has 5 heteroatoms. The van der Waals surface area contributed by atoms with E-state index in [1.165, 1.54) is 32.1 Å². The minimum absolute atomic E-state index is 0.0140. The van der Waals surface area contributed by atoms with E-state index >= 15 is 0 Å². The van der Waals surface area contributed by atoms with Crippen LogP contribution in [0, 0.1) is 0 Å². The fraction of sp³-hybridized carbons (Fsp3) is 0.600. The summed E-state index contributed by atoms with van der Waals surface area (Å²) in [6.07, 6.45) is 7.32. The first-order valence-corrected chi connectivity index (χ1v) is 9.65. The van der Waals surface area contributed by atoms with Gasteiger partial charge in [-0.05, 0) is 43.9 Å². The van der Waals surface area contributed by atoms with Crippen molar-refractivity contribution in [1.29, 1.82) is 0 Å². The number of hydrogen-bond acceptors (Lipinski definition) is 2. The lowest BCUT2D eigenvalue weighted by atomic mass is 9.96. The fourth-order valence-corrected chi connectivity index (χ4v) is 3.08. The summed E-state index contributed by atoms with van der Waals surface area (Å²) in [5.41, 5.74) is 1.75. The van der Waals surface area contributed by atoms with Gasteiger partial charge in [-0.3, -0.25) is 4.79 Å². The number of benzene rings is 1. The maximum Gasteiger partial charge on any atom is 0.251 e. The number of guanidine groups is 1. The molecule has 1 aliphatic carbocycles. The quantitative estimate of drug-likeness (QED) is 0.526. The lowest BCUT2D eigenvalue weighted by Gasteiger charge is -2.24. The molecule has 2 rings (SSSR count). The number of hydrogen-bond donors (Lipinski definition) is 3. The van der Waals surface area contributed by atoms with Crippen LogP contribution >= 0.6 is 0 Å². The van der Waals surface area contributed by atoms with Crippen molar-refractivity contribution in [1.82, 2.24) is 16.0 Å². The lowest BCUT2D eigenvalue weighted by Crippen LogP contribution is -2.44. The van der Waals surface area contributed by atoms with Crippen molar-refractivity contribution in [3.8, 4) is 0 Å². The Hall–Kier alpha value is -2.04. The molecule has 1 aliphatic rings. The van der Waals surface area contributed by atoms with Crippen LogP contribution in [0.1, 0.15) is 68.3 Å². The summed E-state index contributed by atoms with van der Waals surface area (Å²) >= 11 is 0. The molecule has 138 valence electrons. The van der Waals surface area contributed by atoms with Gasteiger partial charge in [-0.25, -0.2) is 4.99 Å². The van der Waals surface area contributed by atoms with Crippen LogP contribution in [0.15, 0.2) is 29.3 Å². The number of nitrogens with one attached hydrogen (secondary N) is 3. The van der Waals surface area contributed by atoms with E-state index in [0.29, 0.717) is 24.7 Å².